The fourth-order valence-electron chi connectivity index (χ4n) is 3.51. The van der Waals surface area contributed by atoms with Crippen LogP contribution in [0, 0.1) is 5.82 Å². The number of nitrogens with two attached hydrogens (primary N) is 1. The van der Waals surface area contributed by atoms with E-state index in [0.717, 1.165) is 12.8 Å². The minimum atomic E-state index is -0.362. The van der Waals surface area contributed by atoms with E-state index in [-0.39, 0.29) is 23.7 Å². The predicted octanol–water partition coefficient (Wildman–Crippen LogP) is 2.71. The normalized spacial score (nSPS) is 17.4. The molecular formula is C20H17FN6O. The van der Waals surface area contributed by atoms with Crippen LogP contribution in [-0.4, -0.2) is 36.6 Å². The summed E-state index contributed by atoms with van der Waals surface area (Å²) in [6.45, 7) is 0. The molecule has 2 aromatic heterocycles. The molecule has 0 bridgehead atoms. The van der Waals surface area contributed by atoms with Crippen LogP contribution in [0.1, 0.15) is 34.5 Å². The van der Waals surface area contributed by atoms with Crippen molar-refractivity contribution in [2.24, 2.45) is 7.05 Å². The topological polar surface area (TPSA) is 89.9 Å². The second-order valence-electron chi connectivity index (χ2n) is 6.99. The van der Waals surface area contributed by atoms with Crippen LogP contribution in [0.15, 0.2) is 36.5 Å². The molecule has 3 heterocycles. The Morgan fingerprint density at radius 3 is 2.61 bits per heavy atom. The Labute approximate surface area is 160 Å². The molecule has 0 atom stereocenters. The molecule has 0 spiro atoms. The molecule has 1 amide bonds. The number of nitrogens with zero attached hydrogens (tertiary/aromatic N) is 5. The van der Waals surface area contributed by atoms with Gasteiger partial charge in [0.05, 0.1) is 11.3 Å². The van der Waals surface area contributed by atoms with Crippen molar-refractivity contribution >= 4 is 23.6 Å². The Morgan fingerprint density at radius 1 is 1.18 bits per heavy atom. The Hall–Kier alpha value is -3.55. The van der Waals surface area contributed by atoms with E-state index in [1.807, 2.05) is 0 Å². The Balaban J connectivity index is 1.75. The number of aryl methyl sites for hydroxylation is 1. The molecule has 1 aliphatic carbocycles. The summed E-state index contributed by atoms with van der Waals surface area (Å²) in [5.41, 5.74) is 8.63. The number of nitrogen functional groups attached to an aromatic ring is 1. The number of anilines is 1. The number of carbonyl (C=O) groups excluding carboxylic acids is 1. The number of benzene rings is 1. The second-order valence-corrected chi connectivity index (χ2v) is 6.99. The molecule has 3 aromatic rings. The summed E-state index contributed by atoms with van der Waals surface area (Å²) in [5, 5.41) is 4.36. The van der Waals surface area contributed by atoms with Crippen molar-refractivity contribution in [1.82, 2.24) is 24.6 Å². The first kappa shape index (κ1) is 16.6. The molecule has 5 rings (SSSR count). The fourth-order valence-corrected chi connectivity index (χ4v) is 3.51. The van der Waals surface area contributed by atoms with E-state index in [1.165, 1.54) is 6.07 Å². The Kier molecular flexibility index (Phi) is 3.55. The van der Waals surface area contributed by atoms with E-state index >= 15 is 0 Å². The van der Waals surface area contributed by atoms with Crippen LogP contribution in [0.2, 0.25) is 0 Å². The Morgan fingerprint density at radius 2 is 1.93 bits per heavy atom. The first-order chi connectivity index (χ1) is 13.5. The summed E-state index contributed by atoms with van der Waals surface area (Å²) in [4.78, 5) is 23.6. The molecule has 7 nitrogen and oxygen atoms in total. The zero-order valence-corrected chi connectivity index (χ0v) is 15.1. The van der Waals surface area contributed by atoms with Gasteiger partial charge in [-0.25, -0.2) is 14.4 Å². The minimum absolute atomic E-state index is 0.0456. The first-order valence-corrected chi connectivity index (χ1v) is 9.00. The summed E-state index contributed by atoms with van der Waals surface area (Å²) in [7, 11) is 1.79. The number of hydrogen-bond acceptors (Lipinski definition) is 5. The molecule has 2 N–H and O–H groups in total. The maximum Gasteiger partial charge on any atom is 0.263 e. The van der Waals surface area contributed by atoms with Crippen molar-refractivity contribution in [3.8, 4) is 11.4 Å². The van der Waals surface area contributed by atoms with Crippen LogP contribution in [0.3, 0.4) is 0 Å². The molecular weight excluding hydrogens is 359 g/mol. The third-order valence-electron chi connectivity index (χ3n) is 4.93. The van der Waals surface area contributed by atoms with E-state index in [9.17, 15) is 9.18 Å². The van der Waals surface area contributed by atoms with E-state index < -0.39 is 0 Å². The summed E-state index contributed by atoms with van der Waals surface area (Å²) in [6.07, 6.45) is 5.23. The number of carbonyl (C=O) groups is 1. The average molecular weight is 376 g/mol. The van der Waals surface area contributed by atoms with Crippen molar-refractivity contribution in [2.45, 2.75) is 18.9 Å². The van der Waals surface area contributed by atoms with Gasteiger partial charge in [-0.3, -0.25) is 9.48 Å². The number of hydrogen-bond donors (Lipinski definition) is 1. The lowest BCUT2D eigenvalue weighted by Crippen LogP contribution is -2.25. The monoisotopic (exact) mass is 376 g/mol. The zero-order valence-electron chi connectivity index (χ0n) is 15.1. The molecule has 0 saturated heterocycles. The summed E-state index contributed by atoms with van der Waals surface area (Å²) in [5.74, 6) is -0.511. The largest absolute Gasteiger partial charge is 0.368 e. The fraction of sp³-hybridized carbons (Fsp3) is 0.200. The number of halogens is 1. The number of rotatable bonds is 3. The highest BCUT2D eigenvalue weighted by Gasteiger charge is 2.45. The average Bonchev–Trinajstić information content (AvgIpc) is 3.35. The molecule has 140 valence electrons. The third-order valence-corrected chi connectivity index (χ3v) is 4.93. The quantitative estimate of drug-likeness (QED) is 0.759. The van der Waals surface area contributed by atoms with Crippen molar-refractivity contribution < 1.29 is 9.18 Å². The molecule has 0 unspecified atom stereocenters. The van der Waals surface area contributed by atoms with Gasteiger partial charge < -0.3 is 10.6 Å². The Bertz CT molecular complexity index is 1150. The maximum atomic E-state index is 14.3. The van der Waals surface area contributed by atoms with Crippen LogP contribution in [0.25, 0.3) is 23.2 Å². The van der Waals surface area contributed by atoms with Gasteiger partial charge >= 0.3 is 0 Å². The van der Waals surface area contributed by atoms with Crippen LogP contribution in [0.4, 0.5) is 10.3 Å². The summed E-state index contributed by atoms with van der Waals surface area (Å²) in [6, 6.07) is 8.29. The summed E-state index contributed by atoms with van der Waals surface area (Å²) < 4.78 is 15.9. The van der Waals surface area contributed by atoms with Crippen molar-refractivity contribution in [1.29, 1.82) is 0 Å². The maximum absolute atomic E-state index is 14.3. The number of fused-ring (bicyclic) bond motifs is 1. The molecule has 8 heteroatoms. The van der Waals surface area contributed by atoms with Gasteiger partial charge in [0.1, 0.15) is 22.9 Å². The molecule has 1 saturated carbocycles. The predicted molar refractivity (Wildman–Crippen MR) is 102 cm³/mol. The van der Waals surface area contributed by atoms with Gasteiger partial charge in [-0.1, -0.05) is 18.2 Å². The summed E-state index contributed by atoms with van der Waals surface area (Å²) >= 11 is 0. The van der Waals surface area contributed by atoms with E-state index in [2.05, 4.69) is 15.1 Å². The first-order valence-electron chi connectivity index (χ1n) is 9.00. The molecule has 1 aromatic carbocycles. The molecule has 2 aliphatic rings. The van der Waals surface area contributed by atoms with Gasteiger partial charge in [0, 0.05) is 24.8 Å². The zero-order chi connectivity index (χ0) is 19.4. The molecule has 1 aliphatic heterocycles. The van der Waals surface area contributed by atoms with Gasteiger partial charge in [-0.05, 0) is 31.1 Å². The SMILES string of the molecule is Cn1ccc(-c2nc(N)nc3c2C(=O)N(C2CC2)/C3=C/c2ccccc2F)n1. The highest BCUT2D eigenvalue weighted by molar-refractivity contribution is 6.14. The van der Waals surface area contributed by atoms with E-state index in [4.69, 9.17) is 5.73 Å². The third kappa shape index (κ3) is 2.57. The van der Waals surface area contributed by atoms with Gasteiger partial charge in [0.15, 0.2) is 0 Å². The smallest absolute Gasteiger partial charge is 0.263 e. The van der Waals surface area contributed by atoms with Crippen molar-refractivity contribution in [2.75, 3.05) is 5.73 Å². The second kappa shape index (κ2) is 5.98. The van der Waals surface area contributed by atoms with Crippen LogP contribution in [0.5, 0.6) is 0 Å². The lowest BCUT2D eigenvalue weighted by molar-refractivity contribution is 0.0844. The van der Waals surface area contributed by atoms with Gasteiger partial charge in [0.25, 0.3) is 5.91 Å². The van der Waals surface area contributed by atoms with Gasteiger partial charge in [0.2, 0.25) is 5.95 Å². The standard InChI is InChI=1S/C20H17FN6O/c1-26-9-8-14(25-26)17-16-18(24-20(22)23-17)15(27(19(16)28)12-6-7-12)10-11-4-2-3-5-13(11)21/h2-5,8-10,12H,6-7H2,1H3,(H2,22,23,24)/b15-10+. The van der Waals surface area contributed by atoms with Crippen molar-refractivity contribution in [3.05, 3.63) is 59.2 Å². The minimum Gasteiger partial charge on any atom is -0.368 e. The van der Waals surface area contributed by atoms with Gasteiger partial charge in [-0.2, -0.15) is 5.10 Å². The van der Waals surface area contributed by atoms with Crippen LogP contribution in [-0.2, 0) is 7.05 Å². The highest BCUT2D eigenvalue weighted by atomic mass is 19.1. The number of amides is 1. The highest BCUT2D eigenvalue weighted by Crippen LogP contribution is 2.44. The molecule has 1 fully saturated rings. The van der Waals surface area contributed by atoms with Gasteiger partial charge in [-0.15, -0.1) is 0 Å². The lowest BCUT2D eigenvalue weighted by atomic mass is 10.1. The lowest BCUT2D eigenvalue weighted by Gasteiger charge is -2.17. The van der Waals surface area contributed by atoms with E-state index in [0.29, 0.717) is 33.9 Å². The molecule has 0 radical (unpaired) electrons. The number of aromatic nitrogens is 4. The van der Waals surface area contributed by atoms with E-state index in [1.54, 1.807) is 53.2 Å². The van der Waals surface area contributed by atoms with Crippen LogP contribution >= 0.6 is 0 Å². The van der Waals surface area contributed by atoms with Crippen LogP contribution < -0.4 is 5.73 Å². The molecule has 28 heavy (non-hydrogen) atoms. The van der Waals surface area contributed by atoms with Crippen molar-refractivity contribution in [3.63, 3.8) is 0 Å².